The third-order valence-corrected chi connectivity index (χ3v) is 3.80. The first-order valence-electron chi connectivity index (χ1n) is 7.34. The lowest BCUT2D eigenvalue weighted by Crippen LogP contribution is -2.06. The van der Waals surface area contributed by atoms with E-state index in [1.54, 1.807) is 13.0 Å². The van der Waals surface area contributed by atoms with Crippen LogP contribution in [0.25, 0.3) is 0 Å². The van der Waals surface area contributed by atoms with Gasteiger partial charge in [0.05, 0.1) is 18.8 Å². The van der Waals surface area contributed by atoms with E-state index >= 15 is 0 Å². The summed E-state index contributed by atoms with van der Waals surface area (Å²) >= 11 is 0. The Kier molecular flexibility index (Phi) is 5.55. The maximum atomic E-state index is 11.3. The number of ether oxygens (including phenoxy) is 1. The number of hydrogen-bond acceptors (Lipinski definition) is 4. The minimum Gasteiger partial charge on any atom is -0.504 e. The SMILES string of the molecule is C=CCc1c(C)c(O)c(O)c(C=O)c1COCc1ccccc1. The lowest BCUT2D eigenvalue weighted by molar-refractivity contribution is 0.103. The van der Waals surface area contributed by atoms with Gasteiger partial charge >= 0.3 is 0 Å². The second kappa shape index (κ2) is 7.61. The molecule has 0 heterocycles. The van der Waals surface area contributed by atoms with Crippen LogP contribution in [0, 0.1) is 6.92 Å². The quantitative estimate of drug-likeness (QED) is 0.465. The fourth-order valence-electron chi connectivity index (χ4n) is 2.54. The summed E-state index contributed by atoms with van der Waals surface area (Å²) in [5, 5.41) is 20.0. The van der Waals surface area contributed by atoms with Gasteiger partial charge < -0.3 is 14.9 Å². The van der Waals surface area contributed by atoms with E-state index < -0.39 is 5.75 Å². The zero-order valence-electron chi connectivity index (χ0n) is 13.1. The highest BCUT2D eigenvalue weighted by molar-refractivity contribution is 5.85. The molecule has 0 aliphatic carbocycles. The number of benzene rings is 2. The molecule has 2 aromatic rings. The first-order chi connectivity index (χ1) is 11.1. The first kappa shape index (κ1) is 16.8. The molecule has 4 nitrogen and oxygen atoms in total. The van der Waals surface area contributed by atoms with Crippen LogP contribution < -0.4 is 0 Å². The van der Waals surface area contributed by atoms with Crippen LogP contribution in [0.3, 0.4) is 0 Å². The van der Waals surface area contributed by atoms with Crippen molar-refractivity contribution in [1.82, 2.24) is 0 Å². The summed E-state index contributed by atoms with van der Waals surface area (Å²) in [7, 11) is 0. The van der Waals surface area contributed by atoms with Gasteiger partial charge in [-0.25, -0.2) is 0 Å². The third-order valence-electron chi connectivity index (χ3n) is 3.80. The molecule has 0 unspecified atom stereocenters. The van der Waals surface area contributed by atoms with Crippen LogP contribution in [0.2, 0.25) is 0 Å². The Bertz CT molecular complexity index is 705. The molecule has 0 saturated carbocycles. The average Bonchev–Trinajstić information content (AvgIpc) is 2.57. The zero-order valence-corrected chi connectivity index (χ0v) is 13.1. The van der Waals surface area contributed by atoms with Crippen LogP contribution in [0.15, 0.2) is 43.0 Å². The lowest BCUT2D eigenvalue weighted by atomic mass is 9.93. The minimum absolute atomic E-state index is 0.0676. The largest absolute Gasteiger partial charge is 0.504 e. The van der Waals surface area contributed by atoms with E-state index in [2.05, 4.69) is 6.58 Å². The van der Waals surface area contributed by atoms with Crippen LogP contribution in [0.5, 0.6) is 11.5 Å². The summed E-state index contributed by atoms with van der Waals surface area (Å²) in [5.41, 5.74) is 2.96. The molecule has 120 valence electrons. The predicted octanol–water partition coefficient (Wildman–Crippen LogP) is 3.66. The van der Waals surface area contributed by atoms with Gasteiger partial charge in [0.2, 0.25) is 0 Å². The Morgan fingerprint density at radius 1 is 1.09 bits per heavy atom. The number of aromatic hydroxyl groups is 2. The van der Waals surface area contributed by atoms with Crippen molar-refractivity contribution in [2.75, 3.05) is 0 Å². The molecular weight excluding hydrogens is 292 g/mol. The highest BCUT2D eigenvalue weighted by Gasteiger charge is 2.20. The monoisotopic (exact) mass is 312 g/mol. The zero-order chi connectivity index (χ0) is 16.8. The summed E-state index contributed by atoms with van der Waals surface area (Å²) in [6.07, 6.45) is 2.71. The van der Waals surface area contributed by atoms with Crippen molar-refractivity contribution >= 4 is 6.29 Å². The van der Waals surface area contributed by atoms with Crippen molar-refractivity contribution in [1.29, 1.82) is 0 Å². The maximum absolute atomic E-state index is 11.3. The van der Waals surface area contributed by atoms with Gasteiger partial charge in [-0.15, -0.1) is 6.58 Å². The van der Waals surface area contributed by atoms with E-state index in [0.717, 1.165) is 11.1 Å². The van der Waals surface area contributed by atoms with E-state index in [0.29, 0.717) is 30.4 Å². The summed E-state index contributed by atoms with van der Waals surface area (Å²) < 4.78 is 5.70. The molecule has 0 fully saturated rings. The normalized spacial score (nSPS) is 10.5. The van der Waals surface area contributed by atoms with E-state index in [9.17, 15) is 15.0 Å². The first-order valence-corrected chi connectivity index (χ1v) is 7.34. The number of hydrogen-bond donors (Lipinski definition) is 2. The minimum atomic E-state index is -0.399. The van der Waals surface area contributed by atoms with E-state index in [1.165, 1.54) is 0 Å². The Hall–Kier alpha value is -2.59. The smallest absolute Gasteiger partial charge is 0.168 e. The van der Waals surface area contributed by atoms with Crippen LogP contribution in [0.1, 0.15) is 32.6 Å². The maximum Gasteiger partial charge on any atom is 0.168 e. The van der Waals surface area contributed by atoms with Gasteiger partial charge in [0.1, 0.15) is 0 Å². The molecule has 0 saturated heterocycles. The van der Waals surface area contributed by atoms with Crippen molar-refractivity contribution in [3.05, 3.63) is 70.8 Å². The topological polar surface area (TPSA) is 66.8 Å². The Morgan fingerprint density at radius 3 is 2.39 bits per heavy atom. The second-order valence-corrected chi connectivity index (χ2v) is 5.28. The van der Waals surface area contributed by atoms with Gasteiger partial charge in [-0.05, 0) is 35.6 Å². The molecular formula is C19H20O4. The Labute approximate surface area is 135 Å². The summed E-state index contributed by atoms with van der Waals surface area (Å²) in [5.74, 6) is -0.667. The predicted molar refractivity (Wildman–Crippen MR) is 88.7 cm³/mol. The highest BCUT2D eigenvalue weighted by Crippen LogP contribution is 2.38. The molecule has 2 N–H and O–H groups in total. The molecule has 4 heteroatoms. The van der Waals surface area contributed by atoms with Crippen LogP contribution >= 0.6 is 0 Å². The molecule has 0 atom stereocenters. The van der Waals surface area contributed by atoms with Gasteiger partial charge in [-0.3, -0.25) is 4.79 Å². The van der Waals surface area contributed by atoms with Crippen molar-refractivity contribution in [2.45, 2.75) is 26.6 Å². The molecule has 0 aromatic heterocycles. The average molecular weight is 312 g/mol. The van der Waals surface area contributed by atoms with Crippen molar-refractivity contribution < 1.29 is 19.7 Å². The van der Waals surface area contributed by atoms with Crippen molar-refractivity contribution in [2.24, 2.45) is 0 Å². The second-order valence-electron chi connectivity index (χ2n) is 5.28. The Balaban J connectivity index is 2.31. The van der Waals surface area contributed by atoms with Crippen LogP contribution in [-0.2, 0) is 24.4 Å². The van der Waals surface area contributed by atoms with Gasteiger partial charge in [0, 0.05) is 0 Å². The number of carbonyl (C=O) groups is 1. The molecule has 0 bridgehead atoms. The van der Waals surface area contributed by atoms with Crippen LogP contribution in [-0.4, -0.2) is 16.5 Å². The summed E-state index contributed by atoms with van der Waals surface area (Å²) in [6, 6.07) is 9.68. The standard InChI is InChI=1S/C19H20O4/c1-3-7-15-13(2)18(21)19(22)16(10-20)17(15)12-23-11-14-8-5-4-6-9-14/h3-6,8-10,21-22H,1,7,11-12H2,2H3. The number of phenolic OH excluding ortho intramolecular Hbond substituents is 2. The van der Waals surface area contributed by atoms with Gasteiger partial charge in [0.25, 0.3) is 0 Å². The van der Waals surface area contributed by atoms with E-state index in [1.807, 2.05) is 30.3 Å². The molecule has 0 aliphatic heterocycles. The number of allylic oxidation sites excluding steroid dienone is 1. The molecule has 0 aliphatic rings. The number of rotatable bonds is 7. The number of carbonyl (C=O) groups excluding carboxylic acids is 1. The van der Waals surface area contributed by atoms with E-state index in [4.69, 9.17) is 4.74 Å². The number of phenols is 2. The van der Waals surface area contributed by atoms with Crippen molar-refractivity contribution in [3.8, 4) is 11.5 Å². The summed E-state index contributed by atoms with van der Waals surface area (Å²) in [6.45, 7) is 5.96. The molecule has 23 heavy (non-hydrogen) atoms. The molecule has 2 aromatic carbocycles. The fraction of sp³-hybridized carbons (Fsp3) is 0.211. The molecule has 0 spiro atoms. The van der Waals surface area contributed by atoms with Crippen LogP contribution in [0.4, 0.5) is 0 Å². The lowest BCUT2D eigenvalue weighted by Gasteiger charge is -2.17. The molecule has 0 amide bonds. The van der Waals surface area contributed by atoms with Gasteiger partial charge in [-0.1, -0.05) is 36.4 Å². The van der Waals surface area contributed by atoms with E-state index in [-0.39, 0.29) is 17.9 Å². The highest BCUT2D eigenvalue weighted by atomic mass is 16.5. The summed E-state index contributed by atoms with van der Waals surface area (Å²) in [4.78, 5) is 11.3. The molecule has 2 rings (SSSR count). The molecule has 0 radical (unpaired) electrons. The number of aldehydes is 1. The van der Waals surface area contributed by atoms with Gasteiger partial charge in [0.15, 0.2) is 17.8 Å². The Morgan fingerprint density at radius 2 is 1.78 bits per heavy atom. The fourth-order valence-corrected chi connectivity index (χ4v) is 2.54. The third kappa shape index (κ3) is 3.60. The van der Waals surface area contributed by atoms with Gasteiger partial charge in [-0.2, -0.15) is 0 Å². The van der Waals surface area contributed by atoms with Crippen molar-refractivity contribution in [3.63, 3.8) is 0 Å².